The molecule has 4 nitrogen and oxygen atoms in total. The molecule has 0 spiro atoms. The first-order valence-electron chi connectivity index (χ1n) is 7.16. The van der Waals surface area contributed by atoms with Crippen LogP contribution in [-0.2, 0) is 9.53 Å². The minimum atomic E-state index is 0.131. The second kappa shape index (κ2) is 6.02. The summed E-state index contributed by atoms with van der Waals surface area (Å²) in [6, 6.07) is 0.827. The van der Waals surface area contributed by atoms with Crippen LogP contribution in [-0.4, -0.2) is 37.7 Å². The zero-order valence-electron chi connectivity index (χ0n) is 11.6. The number of ether oxygens (including phenoxy) is 1. The van der Waals surface area contributed by atoms with Gasteiger partial charge in [-0.25, -0.2) is 0 Å². The van der Waals surface area contributed by atoms with Crippen molar-refractivity contribution >= 4 is 5.91 Å². The summed E-state index contributed by atoms with van der Waals surface area (Å²) >= 11 is 0. The van der Waals surface area contributed by atoms with Crippen LogP contribution in [0.2, 0.25) is 0 Å². The van der Waals surface area contributed by atoms with E-state index < -0.39 is 0 Å². The van der Waals surface area contributed by atoms with Gasteiger partial charge in [-0.2, -0.15) is 0 Å². The Balaban J connectivity index is 1.63. The fraction of sp³-hybridized carbons (Fsp3) is 0.929. The maximum Gasteiger partial charge on any atom is 0.234 e. The predicted molar refractivity (Wildman–Crippen MR) is 71.4 cm³/mol. The van der Waals surface area contributed by atoms with E-state index in [2.05, 4.69) is 24.5 Å². The smallest absolute Gasteiger partial charge is 0.234 e. The number of amides is 1. The van der Waals surface area contributed by atoms with E-state index in [1.54, 1.807) is 0 Å². The molecule has 18 heavy (non-hydrogen) atoms. The molecule has 4 heteroatoms. The SMILES string of the molecule is CC1(C)CCC(NCC(=O)NC2CCOCC2)C1. The standard InChI is InChI=1S/C14H26N2O2/c1-14(2)6-3-12(9-14)15-10-13(17)16-11-4-7-18-8-5-11/h11-12,15H,3-10H2,1-2H3,(H,16,17). The zero-order chi connectivity index (χ0) is 13.0. The molecular formula is C14H26N2O2. The summed E-state index contributed by atoms with van der Waals surface area (Å²) in [5.74, 6) is 0.131. The average Bonchev–Trinajstić information content (AvgIpc) is 2.68. The van der Waals surface area contributed by atoms with E-state index in [0.717, 1.165) is 26.1 Å². The van der Waals surface area contributed by atoms with Crippen molar-refractivity contribution in [2.24, 2.45) is 5.41 Å². The number of nitrogens with one attached hydrogen (secondary N) is 2. The van der Waals surface area contributed by atoms with Gasteiger partial charge in [-0.05, 0) is 37.5 Å². The highest BCUT2D eigenvalue weighted by molar-refractivity contribution is 5.78. The minimum absolute atomic E-state index is 0.131. The van der Waals surface area contributed by atoms with Crippen LogP contribution in [0.25, 0.3) is 0 Å². The number of hydrogen-bond donors (Lipinski definition) is 2. The lowest BCUT2D eigenvalue weighted by Crippen LogP contribution is -2.44. The molecule has 1 atom stereocenters. The van der Waals surface area contributed by atoms with Gasteiger partial charge < -0.3 is 15.4 Å². The Bertz CT molecular complexity index is 286. The van der Waals surface area contributed by atoms with Gasteiger partial charge in [-0.1, -0.05) is 13.8 Å². The maximum absolute atomic E-state index is 11.8. The number of hydrogen-bond acceptors (Lipinski definition) is 3. The number of carbonyl (C=O) groups excluding carboxylic acids is 1. The molecule has 1 unspecified atom stereocenters. The van der Waals surface area contributed by atoms with Gasteiger partial charge in [0.25, 0.3) is 0 Å². The average molecular weight is 254 g/mol. The van der Waals surface area contributed by atoms with Crippen molar-refractivity contribution < 1.29 is 9.53 Å². The molecule has 0 aromatic heterocycles. The summed E-state index contributed by atoms with van der Waals surface area (Å²) in [5.41, 5.74) is 0.439. The minimum Gasteiger partial charge on any atom is -0.381 e. The highest BCUT2D eigenvalue weighted by Gasteiger charge is 2.30. The summed E-state index contributed by atoms with van der Waals surface area (Å²) in [6.45, 7) is 6.61. The molecular weight excluding hydrogens is 228 g/mol. The molecule has 1 amide bonds. The third-order valence-electron chi connectivity index (χ3n) is 4.11. The summed E-state index contributed by atoms with van der Waals surface area (Å²) in [7, 11) is 0. The Labute approximate surface area is 110 Å². The van der Waals surface area contributed by atoms with Gasteiger partial charge in [0.1, 0.15) is 0 Å². The van der Waals surface area contributed by atoms with Crippen molar-refractivity contribution in [1.29, 1.82) is 0 Å². The lowest BCUT2D eigenvalue weighted by molar-refractivity contribution is -0.121. The van der Waals surface area contributed by atoms with Crippen molar-refractivity contribution in [3.63, 3.8) is 0 Å². The van der Waals surface area contributed by atoms with Gasteiger partial charge in [0.15, 0.2) is 0 Å². The predicted octanol–water partition coefficient (Wildman–Crippen LogP) is 1.45. The Kier molecular flexibility index (Phi) is 4.62. The molecule has 2 N–H and O–H groups in total. The monoisotopic (exact) mass is 254 g/mol. The van der Waals surface area contributed by atoms with Crippen LogP contribution in [0.15, 0.2) is 0 Å². The number of rotatable bonds is 4. The molecule has 0 radical (unpaired) electrons. The van der Waals surface area contributed by atoms with Crippen LogP contribution in [0.3, 0.4) is 0 Å². The Morgan fingerprint density at radius 2 is 1.94 bits per heavy atom. The van der Waals surface area contributed by atoms with Gasteiger partial charge >= 0.3 is 0 Å². The molecule has 1 heterocycles. The van der Waals surface area contributed by atoms with E-state index in [1.807, 2.05) is 0 Å². The highest BCUT2D eigenvalue weighted by Crippen LogP contribution is 2.36. The summed E-state index contributed by atoms with van der Waals surface area (Å²) in [5, 5.41) is 6.47. The van der Waals surface area contributed by atoms with Crippen molar-refractivity contribution in [1.82, 2.24) is 10.6 Å². The lowest BCUT2D eigenvalue weighted by Gasteiger charge is -2.23. The molecule has 1 aliphatic heterocycles. The van der Waals surface area contributed by atoms with E-state index >= 15 is 0 Å². The number of carbonyl (C=O) groups is 1. The highest BCUT2D eigenvalue weighted by atomic mass is 16.5. The van der Waals surface area contributed by atoms with E-state index in [1.165, 1.54) is 19.3 Å². The summed E-state index contributed by atoms with van der Waals surface area (Å²) in [4.78, 5) is 11.8. The topological polar surface area (TPSA) is 50.4 Å². The maximum atomic E-state index is 11.8. The molecule has 2 rings (SSSR count). The van der Waals surface area contributed by atoms with Crippen LogP contribution in [0.4, 0.5) is 0 Å². The van der Waals surface area contributed by atoms with Crippen molar-refractivity contribution in [2.45, 2.75) is 58.0 Å². The van der Waals surface area contributed by atoms with Gasteiger partial charge in [-0.3, -0.25) is 4.79 Å². The Morgan fingerprint density at radius 3 is 2.56 bits per heavy atom. The van der Waals surface area contributed by atoms with E-state index in [-0.39, 0.29) is 5.91 Å². The quantitative estimate of drug-likeness (QED) is 0.798. The van der Waals surface area contributed by atoms with E-state index in [0.29, 0.717) is 24.0 Å². The molecule has 104 valence electrons. The Morgan fingerprint density at radius 1 is 1.22 bits per heavy atom. The van der Waals surface area contributed by atoms with Crippen LogP contribution in [0.5, 0.6) is 0 Å². The summed E-state index contributed by atoms with van der Waals surface area (Å²) in [6.07, 6.45) is 5.52. The lowest BCUT2D eigenvalue weighted by atomic mass is 9.92. The Hall–Kier alpha value is -0.610. The molecule has 2 fully saturated rings. The third-order valence-corrected chi connectivity index (χ3v) is 4.11. The second-order valence-electron chi connectivity index (χ2n) is 6.44. The second-order valence-corrected chi connectivity index (χ2v) is 6.44. The molecule has 2 aliphatic rings. The van der Waals surface area contributed by atoms with Crippen LogP contribution in [0, 0.1) is 5.41 Å². The van der Waals surface area contributed by atoms with Crippen molar-refractivity contribution in [3.05, 3.63) is 0 Å². The van der Waals surface area contributed by atoms with Gasteiger partial charge in [0.05, 0.1) is 6.54 Å². The van der Waals surface area contributed by atoms with Crippen LogP contribution < -0.4 is 10.6 Å². The first-order valence-corrected chi connectivity index (χ1v) is 7.16. The largest absolute Gasteiger partial charge is 0.381 e. The first-order chi connectivity index (χ1) is 8.55. The van der Waals surface area contributed by atoms with Crippen LogP contribution in [0.1, 0.15) is 46.0 Å². The normalized spacial score (nSPS) is 28.2. The molecule has 0 aromatic rings. The molecule has 0 aromatic carbocycles. The van der Waals surface area contributed by atoms with E-state index in [9.17, 15) is 4.79 Å². The van der Waals surface area contributed by atoms with Crippen LogP contribution >= 0.6 is 0 Å². The first kappa shape index (κ1) is 13.8. The van der Waals surface area contributed by atoms with E-state index in [4.69, 9.17) is 4.74 Å². The molecule has 1 aliphatic carbocycles. The van der Waals surface area contributed by atoms with Gasteiger partial charge in [0.2, 0.25) is 5.91 Å². The zero-order valence-corrected chi connectivity index (χ0v) is 11.6. The third kappa shape index (κ3) is 4.25. The van der Waals surface area contributed by atoms with Gasteiger partial charge in [-0.15, -0.1) is 0 Å². The van der Waals surface area contributed by atoms with Crippen molar-refractivity contribution in [3.8, 4) is 0 Å². The van der Waals surface area contributed by atoms with Gasteiger partial charge in [0, 0.05) is 25.3 Å². The molecule has 0 bridgehead atoms. The fourth-order valence-electron chi connectivity index (χ4n) is 2.97. The fourth-order valence-corrected chi connectivity index (χ4v) is 2.97. The molecule has 1 saturated carbocycles. The van der Waals surface area contributed by atoms with Crippen molar-refractivity contribution in [2.75, 3.05) is 19.8 Å². The summed E-state index contributed by atoms with van der Waals surface area (Å²) < 4.78 is 5.28. The molecule has 1 saturated heterocycles.